The third-order valence-corrected chi connectivity index (χ3v) is 2.93. The maximum absolute atomic E-state index is 12.3. The number of methoxy groups -OCH3 is 1. The predicted molar refractivity (Wildman–Crippen MR) is 73.7 cm³/mol. The average molecular weight is 273 g/mol. The summed E-state index contributed by atoms with van der Waals surface area (Å²) in [5.41, 5.74) is 1.29. The van der Waals surface area contributed by atoms with E-state index in [4.69, 9.17) is 4.74 Å². The molecule has 6 nitrogen and oxygen atoms in total. The second-order valence-electron chi connectivity index (χ2n) is 4.28. The first-order valence-electron chi connectivity index (χ1n) is 5.98. The molecule has 0 N–H and O–H groups in total. The fourth-order valence-electron chi connectivity index (χ4n) is 1.88. The van der Waals surface area contributed by atoms with E-state index in [1.165, 1.54) is 18.2 Å². The van der Waals surface area contributed by atoms with Crippen molar-refractivity contribution in [2.45, 2.75) is 0 Å². The molecule has 0 aliphatic heterocycles. The van der Waals surface area contributed by atoms with Gasteiger partial charge in [-0.2, -0.15) is 5.10 Å². The predicted octanol–water partition coefficient (Wildman–Crippen LogP) is 1.48. The maximum atomic E-state index is 12.3. The van der Waals surface area contributed by atoms with Crippen molar-refractivity contribution in [1.82, 2.24) is 9.78 Å². The highest BCUT2D eigenvalue weighted by molar-refractivity contribution is 6.09. The zero-order chi connectivity index (χ0) is 14.7. The number of aryl methyl sites for hydroxylation is 1. The lowest BCUT2D eigenvalue weighted by Crippen LogP contribution is -2.27. The van der Waals surface area contributed by atoms with E-state index < -0.39 is 5.97 Å². The highest BCUT2D eigenvalue weighted by atomic mass is 16.5. The second-order valence-corrected chi connectivity index (χ2v) is 4.28. The van der Waals surface area contributed by atoms with E-state index in [2.05, 4.69) is 5.10 Å². The average Bonchev–Trinajstić information content (AvgIpc) is 2.91. The quantitative estimate of drug-likeness (QED) is 0.795. The molecule has 1 amide bonds. The van der Waals surface area contributed by atoms with Crippen molar-refractivity contribution in [2.75, 3.05) is 19.1 Å². The van der Waals surface area contributed by atoms with Crippen molar-refractivity contribution in [3.05, 3.63) is 47.8 Å². The molecule has 0 radical (unpaired) electrons. The molecule has 0 bridgehead atoms. The molecule has 0 unspecified atom stereocenters. The van der Waals surface area contributed by atoms with E-state index in [1.807, 2.05) is 0 Å². The third-order valence-electron chi connectivity index (χ3n) is 2.93. The lowest BCUT2D eigenvalue weighted by atomic mass is 10.1. The number of hydrogen-bond donors (Lipinski definition) is 0. The van der Waals surface area contributed by atoms with Crippen LogP contribution in [-0.2, 0) is 11.8 Å². The van der Waals surface area contributed by atoms with Crippen LogP contribution in [-0.4, -0.2) is 35.8 Å². The number of carbonyl (C=O) groups is 2. The van der Waals surface area contributed by atoms with Gasteiger partial charge in [-0.3, -0.25) is 9.48 Å². The Hall–Kier alpha value is -2.63. The molecule has 1 aromatic heterocycles. The Kier molecular flexibility index (Phi) is 3.84. The number of amides is 1. The normalized spacial score (nSPS) is 10.2. The summed E-state index contributed by atoms with van der Waals surface area (Å²) in [6, 6.07) is 6.79. The monoisotopic (exact) mass is 273 g/mol. The summed E-state index contributed by atoms with van der Waals surface area (Å²) >= 11 is 0. The minimum atomic E-state index is -0.480. The van der Waals surface area contributed by atoms with Gasteiger partial charge < -0.3 is 9.64 Å². The molecule has 2 aromatic rings. The van der Waals surface area contributed by atoms with Gasteiger partial charge in [0, 0.05) is 20.3 Å². The Morgan fingerprint density at radius 1 is 1.30 bits per heavy atom. The SMILES string of the molecule is COC(=O)c1ccccc1N(C)C(=O)c1cnn(C)c1. The van der Waals surface area contributed by atoms with Gasteiger partial charge in [0.15, 0.2) is 0 Å². The number of para-hydroxylation sites is 1. The minimum Gasteiger partial charge on any atom is -0.465 e. The Morgan fingerprint density at radius 3 is 2.60 bits per heavy atom. The third kappa shape index (κ3) is 2.54. The maximum Gasteiger partial charge on any atom is 0.339 e. The fraction of sp³-hybridized carbons (Fsp3) is 0.214. The molecule has 0 atom stereocenters. The van der Waals surface area contributed by atoms with Gasteiger partial charge >= 0.3 is 5.97 Å². The van der Waals surface area contributed by atoms with Crippen LogP contribution in [0, 0.1) is 0 Å². The van der Waals surface area contributed by atoms with Crippen LogP contribution in [0.5, 0.6) is 0 Å². The number of hydrogen-bond acceptors (Lipinski definition) is 4. The number of carbonyl (C=O) groups excluding carboxylic acids is 2. The smallest absolute Gasteiger partial charge is 0.339 e. The fourth-order valence-corrected chi connectivity index (χ4v) is 1.88. The molecule has 104 valence electrons. The largest absolute Gasteiger partial charge is 0.465 e. The van der Waals surface area contributed by atoms with Crippen molar-refractivity contribution < 1.29 is 14.3 Å². The summed E-state index contributed by atoms with van der Waals surface area (Å²) in [4.78, 5) is 25.5. The highest BCUT2D eigenvalue weighted by Gasteiger charge is 2.20. The summed E-state index contributed by atoms with van der Waals surface area (Å²) in [5, 5.41) is 3.97. The molecule has 0 aliphatic carbocycles. The van der Waals surface area contributed by atoms with Crippen molar-refractivity contribution in [1.29, 1.82) is 0 Å². The molecule has 0 aliphatic rings. The van der Waals surface area contributed by atoms with E-state index in [1.54, 1.807) is 49.2 Å². The van der Waals surface area contributed by atoms with Gasteiger partial charge in [-0.1, -0.05) is 12.1 Å². The Labute approximate surface area is 116 Å². The van der Waals surface area contributed by atoms with Crippen molar-refractivity contribution >= 4 is 17.6 Å². The van der Waals surface area contributed by atoms with Gasteiger partial charge in [0.25, 0.3) is 5.91 Å². The number of nitrogens with zero attached hydrogens (tertiary/aromatic N) is 3. The van der Waals surface area contributed by atoms with Crippen LogP contribution in [0.2, 0.25) is 0 Å². The van der Waals surface area contributed by atoms with Crippen molar-refractivity contribution in [2.24, 2.45) is 7.05 Å². The molecule has 1 aromatic carbocycles. The Bertz CT molecular complexity index is 649. The van der Waals surface area contributed by atoms with E-state index in [-0.39, 0.29) is 5.91 Å². The standard InChI is InChI=1S/C14H15N3O3/c1-16-9-10(8-15-16)13(18)17(2)12-7-5-4-6-11(12)14(19)20-3/h4-9H,1-3H3. The van der Waals surface area contributed by atoms with Crippen LogP contribution in [0.3, 0.4) is 0 Å². The Balaban J connectivity index is 2.36. The van der Waals surface area contributed by atoms with Crippen LogP contribution >= 0.6 is 0 Å². The number of aromatic nitrogens is 2. The molecule has 0 saturated heterocycles. The summed E-state index contributed by atoms with van der Waals surface area (Å²) in [5.74, 6) is -0.721. The summed E-state index contributed by atoms with van der Waals surface area (Å²) in [6.07, 6.45) is 3.11. The number of benzene rings is 1. The first kappa shape index (κ1) is 13.8. The van der Waals surface area contributed by atoms with Gasteiger partial charge in [0.05, 0.1) is 30.1 Å². The van der Waals surface area contributed by atoms with E-state index >= 15 is 0 Å². The van der Waals surface area contributed by atoms with E-state index in [9.17, 15) is 9.59 Å². The lowest BCUT2D eigenvalue weighted by Gasteiger charge is -2.19. The number of ether oxygens (including phenoxy) is 1. The molecule has 1 heterocycles. The van der Waals surface area contributed by atoms with Crippen LogP contribution in [0.15, 0.2) is 36.7 Å². The van der Waals surface area contributed by atoms with Gasteiger partial charge in [0.2, 0.25) is 0 Å². The topological polar surface area (TPSA) is 64.4 Å². The van der Waals surface area contributed by atoms with Crippen LogP contribution in [0.1, 0.15) is 20.7 Å². The Morgan fingerprint density at radius 2 is 2.00 bits per heavy atom. The van der Waals surface area contributed by atoms with Crippen LogP contribution in [0.25, 0.3) is 0 Å². The van der Waals surface area contributed by atoms with Crippen molar-refractivity contribution in [3.8, 4) is 0 Å². The molecule has 6 heteroatoms. The zero-order valence-electron chi connectivity index (χ0n) is 11.5. The van der Waals surface area contributed by atoms with Gasteiger partial charge in [-0.15, -0.1) is 0 Å². The number of rotatable bonds is 3. The number of anilines is 1. The highest BCUT2D eigenvalue weighted by Crippen LogP contribution is 2.21. The molecule has 20 heavy (non-hydrogen) atoms. The molecular formula is C14H15N3O3. The van der Waals surface area contributed by atoms with Gasteiger partial charge in [0.1, 0.15) is 0 Å². The second kappa shape index (κ2) is 5.56. The molecule has 2 rings (SSSR count). The first-order valence-corrected chi connectivity index (χ1v) is 5.98. The van der Waals surface area contributed by atoms with Crippen LogP contribution < -0.4 is 4.90 Å². The summed E-state index contributed by atoms with van der Waals surface area (Å²) < 4.78 is 6.27. The molecular weight excluding hydrogens is 258 g/mol. The van der Waals surface area contributed by atoms with E-state index in [0.29, 0.717) is 16.8 Å². The minimum absolute atomic E-state index is 0.241. The summed E-state index contributed by atoms with van der Waals surface area (Å²) in [7, 11) is 4.65. The van der Waals surface area contributed by atoms with Crippen LogP contribution in [0.4, 0.5) is 5.69 Å². The number of esters is 1. The first-order chi connectivity index (χ1) is 9.54. The van der Waals surface area contributed by atoms with Gasteiger partial charge in [-0.25, -0.2) is 4.79 Å². The van der Waals surface area contributed by atoms with Crippen molar-refractivity contribution in [3.63, 3.8) is 0 Å². The lowest BCUT2D eigenvalue weighted by molar-refractivity contribution is 0.0601. The zero-order valence-corrected chi connectivity index (χ0v) is 11.5. The molecule has 0 spiro atoms. The summed E-state index contributed by atoms with van der Waals surface area (Å²) in [6.45, 7) is 0. The molecule has 0 saturated carbocycles. The molecule has 0 fully saturated rings. The van der Waals surface area contributed by atoms with Gasteiger partial charge in [-0.05, 0) is 12.1 Å². The van der Waals surface area contributed by atoms with E-state index in [0.717, 1.165) is 0 Å².